The van der Waals surface area contributed by atoms with Gasteiger partial charge < -0.3 is 24.6 Å². The molecule has 3 atom stereocenters. The number of morpholine rings is 1. The molecule has 64 heavy (non-hydrogen) atoms. The molecule has 8 heterocycles. The number of alkyl halides is 2. The number of carbonyl (C=O) groups excluding carboxylic acids is 3. The van der Waals surface area contributed by atoms with Crippen LogP contribution < -0.4 is 15.5 Å². The average Bonchev–Trinajstić information content (AvgIpc) is 3.73. The van der Waals surface area contributed by atoms with Crippen molar-refractivity contribution in [3.05, 3.63) is 65.4 Å². The number of likely N-dealkylation sites (tertiary alicyclic amines) is 1. The maximum atomic E-state index is 14.3. The highest BCUT2D eigenvalue weighted by atomic mass is 19.3. The van der Waals surface area contributed by atoms with Gasteiger partial charge in [0.15, 0.2) is 11.3 Å². The maximum Gasteiger partial charge on any atom is 0.284 e. The quantitative estimate of drug-likeness (QED) is 0.126. The molecule has 5 aromatic rings. The van der Waals surface area contributed by atoms with E-state index in [2.05, 4.69) is 42.5 Å². The third-order valence-corrected chi connectivity index (χ3v) is 14.1. The minimum atomic E-state index is -2.85. The monoisotopic (exact) mass is 875 g/mol. The van der Waals surface area contributed by atoms with Gasteiger partial charge in [-0.15, -0.1) is 0 Å². The van der Waals surface area contributed by atoms with Crippen LogP contribution in [0.15, 0.2) is 42.9 Å². The van der Waals surface area contributed by atoms with E-state index in [0.717, 1.165) is 112 Å². The van der Waals surface area contributed by atoms with E-state index in [1.54, 1.807) is 17.1 Å². The molecule has 1 aromatic carbocycles. The van der Waals surface area contributed by atoms with Crippen LogP contribution in [0.5, 0.6) is 0 Å². The van der Waals surface area contributed by atoms with Crippen molar-refractivity contribution in [1.82, 2.24) is 44.4 Å². The zero-order valence-electron chi connectivity index (χ0n) is 35.5. The zero-order valence-corrected chi connectivity index (χ0v) is 35.5. The lowest BCUT2D eigenvalue weighted by Gasteiger charge is -2.36. The average molecular weight is 876 g/mol. The van der Waals surface area contributed by atoms with Gasteiger partial charge in [0.05, 0.1) is 71.5 Å². The van der Waals surface area contributed by atoms with Crippen molar-refractivity contribution < 1.29 is 32.6 Å². The third-order valence-electron chi connectivity index (χ3n) is 14.1. The van der Waals surface area contributed by atoms with Crippen LogP contribution in [0.2, 0.25) is 0 Å². The number of para-hydroxylation sites is 1. The summed E-state index contributed by atoms with van der Waals surface area (Å²) in [6, 6.07) is 8.32. The highest BCUT2D eigenvalue weighted by molar-refractivity contribution is 6.08. The van der Waals surface area contributed by atoms with E-state index < -0.39 is 23.9 Å². The van der Waals surface area contributed by atoms with Crippen LogP contribution in [0, 0.1) is 17.8 Å². The van der Waals surface area contributed by atoms with Crippen LogP contribution in [-0.2, 0) is 19.1 Å². The minimum absolute atomic E-state index is 0.00159. The summed E-state index contributed by atoms with van der Waals surface area (Å²) in [6.45, 7) is 4.59. The van der Waals surface area contributed by atoms with Gasteiger partial charge in [-0.25, -0.2) is 18.3 Å². The van der Waals surface area contributed by atoms with Crippen molar-refractivity contribution in [3.63, 3.8) is 0 Å². The molecule has 2 aliphatic carbocycles. The molecule has 0 spiro atoms. The molecule has 2 bridgehead atoms. The van der Waals surface area contributed by atoms with Crippen LogP contribution in [0.4, 0.5) is 20.3 Å². The van der Waals surface area contributed by atoms with Gasteiger partial charge >= 0.3 is 0 Å². The Kier molecular flexibility index (Phi) is 10.9. The van der Waals surface area contributed by atoms with Gasteiger partial charge in [0.25, 0.3) is 12.3 Å². The number of amides is 3. The number of aromatic nitrogens is 7. The number of imide groups is 1. The van der Waals surface area contributed by atoms with Crippen LogP contribution >= 0.6 is 0 Å². The second-order valence-corrected chi connectivity index (χ2v) is 18.3. The zero-order chi connectivity index (χ0) is 43.5. The van der Waals surface area contributed by atoms with E-state index >= 15 is 0 Å². The highest BCUT2D eigenvalue weighted by Crippen LogP contribution is 2.41. The number of hydrogen-bond donors (Lipinski definition) is 2. The van der Waals surface area contributed by atoms with Crippen molar-refractivity contribution in [2.75, 3.05) is 49.6 Å². The van der Waals surface area contributed by atoms with E-state index in [0.29, 0.717) is 43.7 Å². The molecule has 0 radical (unpaired) electrons. The summed E-state index contributed by atoms with van der Waals surface area (Å²) in [5.41, 5.74) is 2.65. The maximum absolute atomic E-state index is 14.3. The Bertz CT molecular complexity index is 2660. The van der Waals surface area contributed by atoms with Crippen LogP contribution in [0.25, 0.3) is 16.6 Å². The van der Waals surface area contributed by atoms with E-state index in [-0.39, 0.29) is 47.4 Å². The fourth-order valence-corrected chi connectivity index (χ4v) is 10.5. The molecule has 2 saturated carbocycles. The summed E-state index contributed by atoms with van der Waals surface area (Å²) >= 11 is 0. The van der Waals surface area contributed by atoms with Crippen molar-refractivity contribution in [2.45, 2.75) is 113 Å². The standard InChI is InChI=1S/C46H51F2N11O5/c47-43(48)41-37(50-46(62)36-22-49-57-19-16-38(51-44(36)57)56-24-33-21-31(56)26-64-33)25-58(53-41)29-8-6-27(7-9-29)23-55-17-14-32(15-18-55)63-20-2-4-28-3-1-5-34-40(35-12-13-39(60)52-45(35)61)54-59(42(28)34)30-10-11-30/h1,3,5,16,19,22,25,27,29-33,35,43H,6-15,17-18,20-21,23-24,26H2,(H,50,62)(H,52,60,61)/t27?,29?,31-,33-,35?/m0/s1. The number of halogens is 2. The molecule has 11 rings (SSSR count). The van der Waals surface area contributed by atoms with Gasteiger partial charge in [0, 0.05) is 50.4 Å². The highest BCUT2D eigenvalue weighted by Gasteiger charge is 2.40. The van der Waals surface area contributed by atoms with Crippen molar-refractivity contribution in [1.29, 1.82) is 0 Å². The number of rotatable bonds is 11. The number of ether oxygens (including phenoxy) is 2. The van der Waals surface area contributed by atoms with Crippen LogP contribution in [-0.4, -0.2) is 114 Å². The molecular weight excluding hydrogens is 825 g/mol. The Labute approximate surface area is 368 Å². The SMILES string of the molecule is O=C1CCC(c2nn(C3CC3)c3c(C#CCOC4CCN(CC5CCC(n6cc(NC(=O)c7cnn8ccc(N9C[C@@H]%10C[C@H]9CO%10)nc78)c(C(F)F)n6)CC5)CC4)cccc23)C(=O)N1. The molecule has 4 aliphatic heterocycles. The summed E-state index contributed by atoms with van der Waals surface area (Å²) in [7, 11) is 0. The van der Waals surface area contributed by atoms with Crippen LogP contribution in [0.3, 0.4) is 0 Å². The molecule has 3 amide bonds. The topological polar surface area (TPSA) is 166 Å². The second kappa shape index (κ2) is 17.0. The van der Waals surface area contributed by atoms with Gasteiger partial charge in [-0.3, -0.25) is 29.1 Å². The summed E-state index contributed by atoms with van der Waals surface area (Å²) in [6.07, 6.45) is 11.4. The Hall–Kier alpha value is -5.77. The number of nitrogens with zero attached hydrogens (tertiary/aromatic N) is 9. The first kappa shape index (κ1) is 41.0. The molecule has 6 fully saturated rings. The van der Waals surface area contributed by atoms with E-state index in [4.69, 9.17) is 19.6 Å². The third kappa shape index (κ3) is 8.02. The summed E-state index contributed by atoms with van der Waals surface area (Å²) < 4.78 is 45.8. The molecule has 334 valence electrons. The number of fused-ring (bicyclic) bond motifs is 4. The van der Waals surface area contributed by atoms with Crippen molar-refractivity contribution in [2.24, 2.45) is 5.92 Å². The predicted molar refractivity (Wildman–Crippen MR) is 230 cm³/mol. The van der Waals surface area contributed by atoms with Gasteiger partial charge in [-0.1, -0.05) is 24.0 Å². The molecule has 1 unspecified atom stereocenters. The smallest absolute Gasteiger partial charge is 0.284 e. The number of nitrogens with one attached hydrogen (secondary N) is 2. The molecular formula is C46H51F2N11O5. The van der Waals surface area contributed by atoms with E-state index in [1.807, 2.05) is 28.9 Å². The lowest BCUT2D eigenvalue weighted by Crippen LogP contribution is -2.40. The Morgan fingerprint density at radius 3 is 2.58 bits per heavy atom. The predicted octanol–water partition coefficient (Wildman–Crippen LogP) is 5.56. The molecule has 6 aliphatic rings. The van der Waals surface area contributed by atoms with E-state index in [9.17, 15) is 23.2 Å². The lowest BCUT2D eigenvalue weighted by atomic mass is 9.85. The van der Waals surface area contributed by atoms with Gasteiger partial charge in [0.1, 0.15) is 18.0 Å². The normalized spacial score (nSPS) is 25.4. The summed E-state index contributed by atoms with van der Waals surface area (Å²) in [4.78, 5) is 47.6. The van der Waals surface area contributed by atoms with Crippen molar-refractivity contribution in [3.8, 4) is 11.8 Å². The molecule has 16 nitrogen and oxygen atoms in total. The Balaban J connectivity index is 0.660. The first-order chi connectivity index (χ1) is 31.2. The van der Waals surface area contributed by atoms with Crippen LogP contribution in [0.1, 0.15) is 122 Å². The van der Waals surface area contributed by atoms with Crippen molar-refractivity contribution >= 4 is 45.8 Å². The molecule has 2 N–H and O–H groups in total. The second-order valence-electron chi connectivity index (χ2n) is 18.3. The molecule has 4 saturated heterocycles. The first-order valence-electron chi connectivity index (χ1n) is 22.8. The lowest BCUT2D eigenvalue weighted by molar-refractivity contribution is -0.134. The Morgan fingerprint density at radius 1 is 1.00 bits per heavy atom. The number of benzene rings is 1. The van der Waals surface area contributed by atoms with Gasteiger partial charge in [-0.2, -0.15) is 15.3 Å². The fraction of sp³-hybridized carbons (Fsp3) is 0.543. The number of piperidine rings is 2. The summed E-state index contributed by atoms with van der Waals surface area (Å²) in [5.74, 6) is 6.28. The largest absolute Gasteiger partial charge is 0.374 e. The molecule has 18 heteroatoms. The number of hydrogen-bond acceptors (Lipinski definition) is 11. The molecule has 4 aromatic heterocycles. The van der Waals surface area contributed by atoms with E-state index in [1.165, 1.54) is 10.7 Å². The van der Waals surface area contributed by atoms with Gasteiger partial charge in [-0.05, 0) is 82.3 Å². The van der Waals surface area contributed by atoms with Gasteiger partial charge in [0.2, 0.25) is 11.8 Å². The Morgan fingerprint density at radius 2 is 1.83 bits per heavy atom. The first-order valence-corrected chi connectivity index (χ1v) is 22.8. The summed E-state index contributed by atoms with van der Waals surface area (Å²) in [5, 5.41) is 19.6. The minimum Gasteiger partial charge on any atom is -0.374 e. The number of anilines is 2. The fourth-order valence-electron chi connectivity index (χ4n) is 10.5. The number of carbonyl (C=O) groups is 3.